The largest absolute Gasteiger partial charge is 0.479 e. The average Bonchev–Trinajstić information content (AvgIpc) is 2.31. The third-order valence-corrected chi connectivity index (χ3v) is 2.40. The van der Waals surface area contributed by atoms with Gasteiger partial charge in [0.25, 0.3) is 5.91 Å². The van der Waals surface area contributed by atoms with Crippen LogP contribution in [-0.2, 0) is 14.3 Å². The van der Waals surface area contributed by atoms with Crippen LogP contribution in [0, 0.1) is 0 Å². The standard InChI is InChI=1S/C12H14ClNO4/c1-7(11(14)15)18-12(16)8(2)17-10-5-3-9(13)4-6-10/h3-8H,1-2H3,(H2,14,15)/t7-,8-/m0/s1. The van der Waals surface area contributed by atoms with Gasteiger partial charge in [-0.15, -0.1) is 0 Å². The number of halogens is 1. The average molecular weight is 272 g/mol. The van der Waals surface area contributed by atoms with Crippen LogP contribution in [0.4, 0.5) is 0 Å². The number of benzene rings is 1. The van der Waals surface area contributed by atoms with E-state index < -0.39 is 24.1 Å². The molecule has 1 rings (SSSR count). The summed E-state index contributed by atoms with van der Waals surface area (Å²) in [5, 5.41) is 0.569. The smallest absolute Gasteiger partial charge is 0.347 e. The zero-order valence-electron chi connectivity index (χ0n) is 10.1. The number of hydrogen-bond acceptors (Lipinski definition) is 4. The number of rotatable bonds is 5. The molecule has 6 heteroatoms. The molecule has 5 nitrogen and oxygen atoms in total. The topological polar surface area (TPSA) is 78.6 Å². The fraction of sp³-hybridized carbons (Fsp3) is 0.333. The van der Waals surface area contributed by atoms with Gasteiger partial charge in [0.15, 0.2) is 12.2 Å². The molecule has 2 N–H and O–H groups in total. The van der Waals surface area contributed by atoms with E-state index in [0.29, 0.717) is 10.8 Å². The van der Waals surface area contributed by atoms with Crippen molar-refractivity contribution >= 4 is 23.5 Å². The molecule has 0 spiro atoms. The van der Waals surface area contributed by atoms with Crippen molar-refractivity contribution in [2.24, 2.45) is 5.73 Å². The van der Waals surface area contributed by atoms with E-state index in [-0.39, 0.29) is 0 Å². The number of carbonyl (C=O) groups is 2. The van der Waals surface area contributed by atoms with Gasteiger partial charge in [-0.3, -0.25) is 4.79 Å². The van der Waals surface area contributed by atoms with E-state index in [1.807, 2.05) is 0 Å². The molecule has 0 heterocycles. The Labute approximate surface area is 110 Å². The van der Waals surface area contributed by atoms with Crippen LogP contribution in [0.5, 0.6) is 5.75 Å². The molecule has 1 amide bonds. The first-order valence-corrected chi connectivity index (χ1v) is 5.70. The van der Waals surface area contributed by atoms with Crippen molar-refractivity contribution in [1.29, 1.82) is 0 Å². The third-order valence-electron chi connectivity index (χ3n) is 2.15. The third kappa shape index (κ3) is 4.25. The molecule has 0 aliphatic heterocycles. The molecule has 0 bridgehead atoms. The minimum absolute atomic E-state index is 0.482. The van der Waals surface area contributed by atoms with Gasteiger partial charge in [-0.1, -0.05) is 11.6 Å². The molecule has 0 fully saturated rings. The van der Waals surface area contributed by atoms with Gasteiger partial charge in [0.05, 0.1) is 0 Å². The lowest BCUT2D eigenvalue weighted by atomic mass is 10.3. The number of amides is 1. The SMILES string of the molecule is C[C@H](OC(=O)[C@H](C)Oc1ccc(Cl)cc1)C(N)=O. The maximum Gasteiger partial charge on any atom is 0.347 e. The van der Waals surface area contributed by atoms with Gasteiger partial charge >= 0.3 is 5.97 Å². The highest BCUT2D eigenvalue weighted by molar-refractivity contribution is 6.30. The van der Waals surface area contributed by atoms with Gasteiger partial charge in [0, 0.05) is 5.02 Å². The second kappa shape index (κ2) is 6.26. The van der Waals surface area contributed by atoms with E-state index in [0.717, 1.165) is 0 Å². The number of carbonyl (C=O) groups excluding carboxylic acids is 2. The maximum atomic E-state index is 11.5. The van der Waals surface area contributed by atoms with Crippen LogP contribution in [0.3, 0.4) is 0 Å². The molecule has 0 aliphatic rings. The number of hydrogen-bond donors (Lipinski definition) is 1. The predicted molar refractivity (Wildman–Crippen MR) is 66.3 cm³/mol. The Hall–Kier alpha value is -1.75. The predicted octanol–water partition coefficient (Wildman–Crippen LogP) is 1.52. The normalized spacial score (nSPS) is 13.5. The number of ether oxygens (including phenoxy) is 2. The fourth-order valence-corrected chi connectivity index (χ4v) is 1.22. The molecule has 0 aliphatic carbocycles. The van der Waals surface area contributed by atoms with Crippen molar-refractivity contribution in [2.75, 3.05) is 0 Å². The van der Waals surface area contributed by atoms with E-state index in [9.17, 15) is 9.59 Å². The zero-order valence-corrected chi connectivity index (χ0v) is 10.8. The van der Waals surface area contributed by atoms with Crippen LogP contribution in [-0.4, -0.2) is 24.1 Å². The summed E-state index contributed by atoms with van der Waals surface area (Å²) in [5.41, 5.74) is 4.98. The van der Waals surface area contributed by atoms with Crippen molar-refractivity contribution in [3.63, 3.8) is 0 Å². The zero-order chi connectivity index (χ0) is 13.7. The molecule has 1 aromatic carbocycles. The monoisotopic (exact) mass is 271 g/mol. The highest BCUT2D eigenvalue weighted by Gasteiger charge is 2.21. The van der Waals surface area contributed by atoms with Gasteiger partial charge in [-0.2, -0.15) is 0 Å². The summed E-state index contributed by atoms with van der Waals surface area (Å²) in [6.45, 7) is 2.92. The summed E-state index contributed by atoms with van der Waals surface area (Å²) in [6.07, 6.45) is -1.82. The molecular formula is C12H14ClNO4. The van der Waals surface area contributed by atoms with E-state index in [1.54, 1.807) is 24.3 Å². The van der Waals surface area contributed by atoms with E-state index >= 15 is 0 Å². The first-order valence-electron chi connectivity index (χ1n) is 5.32. The highest BCUT2D eigenvalue weighted by atomic mass is 35.5. The van der Waals surface area contributed by atoms with E-state index in [2.05, 4.69) is 0 Å². The van der Waals surface area contributed by atoms with Crippen molar-refractivity contribution in [3.8, 4) is 5.75 Å². The Kier molecular flexibility index (Phi) is 4.97. The lowest BCUT2D eigenvalue weighted by Crippen LogP contribution is -2.35. The lowest BCUT2D eigenvalue weighted by Gasteiger charge is -2.16. The first-order chi connectivity index (χ1) is 8.40. The molecule has 0 aromatic heterocycles. The van der Waals surface area contributed by atoms with Gasteiger partial charge in [0.1, 0.15) is 5.75 Å². The van der Waals surface area contributed by atoms with Crippen molar-refractivity contribution in [2.45, 2.75) is 26.1 Å². The number of esters is 1. The fourth-order valence-electron chi connectivity index (χ4n) is 1.09. The van der Waals surface area contributed by atoms with Crippen LogP contribution in [0.25, 0.3) is 0 Å². The Morgan fingerprint density at radius 1 is 1.17 bits per heavy atom. The van der Waals surface area contributed by atoms with Gasteiger partial charge < -0.3 is 15.2 Å². The minimum Gasteiger partial charge on any atom is -0.479 e. The number of primary amides is 1. The van der Waals surface area contributed by atoms with E-state index in [4.69, 9.17) is 26.8 Å². The van der Waals surface area contributed by atoms with Gasteiger partial charge in [-0.05, 0) is 38.1 Å². The van der Waals surface area contributed by atoms with Crippen LogP contribution in [0.15, 0.2) is 24.3 Å². The molecule has 18 heavy (non-hydrogen) atoms. The van der Waals surface area contributed by atoms with Crippen LogP contribution in [0.1, 0.15) is 13.8 Å². The van der Waals surface area contributed by atoms with Crippen molar-refractivity contribution < 1.29 is 19.1 Å². The van der Waals surface area contributed by atoms with Crippen LogP contribution < -0.4 is 10.5 Å². The summed E-state index contributed by atoms with van der Waals surface area (Å²) >= 11 is 5.72. The minimum atomic E-state index is -0.978. The van der Waals surface area contributed by atoms with Crippen molar-refractivity contribution in [1.82, 2.24) is 0 Å². The summed E-state index contributed by atoms with van der Waals surface area (Å²) in [4.78, 5) is 22.3. The molecule has 2 atom stereocenters. The van der Waals surface area contributed by atoms with Crippen LogP contribution in [0.2, 0.25) is 5.02 Å². The summed E-state index contributed by atoms with van der Waals surface area (Å²) in [7, 11) is 0. The molecule has 0 unspecified atom stereocenters. The van der Waals surface area contributed by atoms with Crippen molar-refractivity contribution in [3.05, 3.63) is 29.3 Å². The summed E-state index contributed by atoms with van der Waals surface area (Å²) in [5.74, 6) is -0.881. The maximum absolute atomic E-state index is 11.5. The molecule has 0 saturated heterocycles. The second-order valence-corrected chi connectivity index (χ2v) is 4.13. The molecule has 0 saturated carbocycles. The molecule has 1 aromatic rings. The van der Waals surface area contributed by atoms with Gasteiger partial charge in [-0.25, -0.2) is 4.79 Å². The molecular weight excluding hydrogens is 258 g/mol. The molecule has 0 radical (unpaired) electrons. The Bertz CT molecular complexity index is 432. The highest BCUT2D eigenvalue weighted by Crippen LogP contribution is 2.17. The Morgan fingerprint density at radius 3 is 2.22 bits per heavy atom. The summed E-state index contributed by atoms with van der Waals surface area (Å²) < 4.78 is 10.1. The Morgan fingerprint density at radius 2 is 1.72 bits per heavy atom. The number of nitrogens with two attached hydrogens (primary N) is 1. The first kappa shape index (κ1) is 14.3. The van der Waals surface area contributed by atoms with Crippen LogP contribution >= 0.6 is 11.6 Å². The van der Waals surface area contributed by atoms with Gasteiger partial charge in [0.2, 0.25) is 0 Å². The second-order valence-electron chi connectivity index (χ2n) is 3.70. The molecule has 98 valence electrons. The lowest BCUT2D eigenvalue weighted by molar-refractivity contribution is -0.159. The summed E-state index contributed by atoms with van der Waals surface area (Å²) in [6, 6.07) is 6.54. The quantitative estimate of drug-likeness (QED) is 0.824. The van der Waals surface area contributed by atoms with E-state index in [1.165, 1.54) is 13.8 Å². The Balaban J connectivity index is 2.54.